The minimum absolute atomic E-state index is 0.0336. The van der Waals surface area contributed by atoms with Crippen molar-refractivity contribution < 1.29 is 4.79 Å². The molecule has 98 valence electrons. The number of amides is 1. The van der Waals surface area contributed by atoms with Crippen LogP contribution in [0.5, 0.6) is 0 Å². The lowest BCUT2D eigenvalue weighted by Gasteiger charge is -2.17. The molecule has 0 bridgehead atoms. The van der Waals surface area contributed by atoms with Crippen molar-refractivity contribution in [3.05, 3.63) is 65.7 Å². The minimum atomic E-state index is -0.0734. The van der Waals surface area contributed by atoms with Gasteiger partial charge in [0.25, 0.3) is 5.91 Å². The predicted molar refractivity (Wildman–Crippen MR) is 77.8 cm³/mol. The monoisotopic (exact) mass is 254 g/mol. The summed E-state index contributed by atoms with van der Waals surface area (Å²) in [5, 5.41) is 3.04. The van der Waals surface area contributed by atoms with Crippen LogP contribution >= 0.6 is 0 Å². The highest BCUT2D eigenvalue weighted by Gasteiger charge is 2.13. The first kappa shape index (κ1) is 13.1. The summed E-state index contributed by atoms with van der Waals surface area (Å²) in [7, 11) is 0. The van der Waals surface area contributed by atoms with Crippen LogP contribution in [0.25, 0.3) is 0 Å². The molecule has 0 saturated heterocycles. The molecule has 0 aromatic heterocycles. The van der Waals surface area contributed by atoms with E-state index in [1.54, 1.807) is 24.3 Å². The van der Waals surface area contributed by atoms with E-state index in [4.69, 9.17) is 5.73 Å². The highest BCUT2D eigenvalue weighted by molar-refractivity contribution is 5.94. The molecule has 19 heavy (non-hydrogen) atoms. The number of rotatable bonds is 4. The average Bonchev–Trinajstić information content (AvgIpc) is 2.46. The summed E-state index contributed by atoms with van der Waals surface area (Å²) in [6, 6.07) is 17.0. The third kappa shape index (κ3) is 3.35. The van der Waals surface area contributed by atoms with E-state index in [1.807, 2.05) is 30.3 Å². The van der Waals surface area contributed by atoms with Crippen LogP contribution in [0, 0.1) is 0 Å². The standard InChI is InChI=1S/C16H18N2O/c1-2-15(12-6-4-3-5-7-12)18-16(19)13-8-10-14(17)11-9-13/h3-11,15H,2,17H2,1H3,(H,18,19). The first-order valence-corrected chi connectivity index (χ1v) is 6.42. The van der Waals surface area contributed by atoms with E-state index < -0.39 is 0 Å². The molecule has 1 amide bonds. The van der Waals surface area contributed by atoms with Crippen molar-refractivity contribution in [1.82, 2.24) is 5.32 Å². The second-order valence-electron chi connectivity index (χ2n) is 4.47. The highest BCUT2D eigenvalue weighted by atomic mass is 16.1. The zero-order chi connectivity index (χ0) is 13.7. The number of hydrogen-bond acceptors (Lipinski definition) is 2. The van der Waals surface area contributed by atoms with Crippen molar-refractivity contribution in [3.63, 3.8) is 0 Å². The second-order valence-corrected chi connectivity index (χ2v) is 4.47. The number of nitrogens with two attached hydrogens (primary N) is 1. The summed E-state index contributed by atoms with van der Waals surface area (Å²) in [5.41, 5.74) is 8.02. The Kier molecular flexibility index (Phi) is 4.18. The van der Waals surface area contributed by atoms with Crippen LogP contribution in [0.4, 0.5) is 5.69 Å². The zero-order valence-electron chi connectivity index (χ0n) is 11.0. The van der Waals surface area contributed by atoms with Crippen molar-refractivity contribution in [3.8, 4) is 0 Å². The van der Waals surface area contributed by atoms with E-state index in [9.17, 15) is 4.79 Å². The molecule has 3 N–H and O–H groups in total. The minimum Gasteiger partial charge on any atom is -0.399 e. The molecular formula is C16H18N2O. The van der Waals surface area contributed by atoms with Gasteiger partial charge in [-0.25, -0.2) is 0 Å². The lowest BCUT2D eigenvalue weighted by Crippen LogP contribution is -2.28. The molecule has 2 rings (SSSR count). The van der Waals surface area contributed by atoms with Crippen molar-refractivity contribution in [1.29, 1.82) is 0 Å². The van der Waals surface area contributed by atoms with Gasteiger partial charge in [0.1, 0.15) is 0 Å². The quantitative estimate of drug-likeness (QED) is 0.823. The predicted octanol–water partition coefficient (Wildman–Crippen LogP) is 3.15. The van der Waals surface area contributed by atoms with Crippen molar-refractivity contribution in [2.45, 2.75) is 19.4 Å². The number of benzene rings is 2. The van der Waals surface area contributed by atoms with E-state index in [0.717, 1.165) is 12.0 Å². The molecular weight excluding hydrogens is 236 g/mol. The van der Waals surface area contributed by atoms with Gasteiger partial charge < -0.3 is 11.1 Å². The maximum absolute atomic E-state index is 12.1. The maximum Gasteiger partial charge on any atom is 0.251 e. The molecule has 1 atom stereocenters. The third-order valence-corrected chi connectivity index (χ3v) is 3.09. The van der Waals surface area contributed by atoms with Crippen LogP contribution in [0.3, 0.4) is 0 Å². The van der Waals surface area contributed by atoms with Crippen LogP contribution < -0.4 is 11.1 Å². The highest BCUT2D eigenvalue weighted by Crippen LogP contribution is 2.17. The fourth-order valence-corrected chi connectivity index (χ4v) is 1.98. The van der Waals surface area contributed by atoms with Gasteiger partial charge in [-0.3, -0.25) is 4.79 Å². The van der Waals surface area contributed by atoms with Gasteiger partial charge in [-0.1, -0.05) is 37.3 Å². The fraction of sp³-hybridized carbons (Fsp3) is 0.188. The Morgan fingerprint density at radius 1 is 1.11 bits per heavy atom. The number of nitrogens with one attached hydrogen (secondary N) is 1. The molecule has 0 saturated carbocycles. The Hall–Kier alpha value is -2.29. The molecule has 0 spiro atoms. The molecule has 1 unspecified atom stereocenters. The molecule has 3 heteroatoms. The number of nitrogen functional groups attached to an aromatic ring is 1. The van der Waals surface area contributed by atoms with Crippen LogP contribution in [0.1, 0.15) is 35.3 Å². The van der Waals surface area contributed by atoms with E-state index in [-0.39, 0.29) is 11.9 Å². The lowest BCUT2D eigenvalue weighted by atomic mass is 10.0. The average molecular weight is 254 g/mol. The Labute approximate surface area is 113 Å². The van der Waals surface area contributed by atoms with E-state index in [2.05, 4.69) is 12.2 Å². The molecule has 3 nitrogen and oxygen atoms in total. The van der Waals surface area contributed by atoms with E-state index in [0.29, 0.717) is 11.3 Å². The topological polar surface area (TPSA) is 55.1 Å². The van der Waals surface area contributed by atoms with Gasteiger partial charge in [0.05, 0.1) is 6.04 Å². The molecule has 0 aliphatic rings. The normalized spacial score (nSPS) is 11.8. The van der Waals surface area contributed by atoms with Gasteiger partial charge in [-0.2, -0.15) is 0 Å². The summed E-state index contributed by atoms with van der Waals surface area (Å²) in [5.74, 6) is -0.0734. The number of anilines is 1. The third-order valence-electron chi connectivity index (χ3n) is 3.09. The fourth-order valence-electron chi connectivity index (χ4n) is 1.98. The van der Waals surface area contributed by atoms with Crippen LogP contribution in [0.2, 0.25) is 0 Å². The van der Waals surface area contributed by atoms with E-state index in [1.165, 1.54) is 0 Å². The Morgan fingerprint density at radius 2 is 1.74 bits per heavy atom. The summed E-state index contributed by atoms with van der Waals surface area (Å²) < 4.78 is 0. The first-order chi connectivity index (χ1) is 9.20. The van der Waals surface area contributed by atoms with Gasteiger partial charge in [-0.05, 0) is 36.2 Å². The summed E-state index contributed by atoms with van der Waals surface area (Å²) in [4.78, 5) is 12.1. The molecule has 0 fully saturated rings. The van der Waals surface area contributed by atoms with Gasteiger partial charge in [0.15, 0.2) is 0 Å². The Bertz CT molecular complexity index is 534. The van der Waals surface area contributed by atoms with Crippen molar-refractivity contribution in [2.75, 3.05) is 5.73 Å². The SMILES string of the molecule is CCC(NC(=O)c1ccc(N)cc1)c1ccccc1. The number of hydrogen-bond donors (Lipinski definition) is 2. The molecule has 0 aliphatic heterocycles. The molecule has 2 aromatic carbocycles. The summed E-state index contributed by atoms with van der Waals surface area (Å²) in [6.07, 6.45) is 0.852. The van der Waals surface area contributed by atoms with Gasteiger partial charge in [0.2, 0.25) is 0 Å². The van der Waals surface area contributed by atoms with Crippen LogP contribution in [-0.2, 0) is 0 Å². The van der Waals surface area contributed by atoms with Crippen molar-refractivity contribution in [2.24, 2.45) is 0 Å². The lowest BCUT2D eigenvalue weighted by molar-refractivity contribution is 0.0935. The Morgan fingerprint density at radius 3 is 2.32 bits per heavy atom. The molecule has 0 heterocycles. The maximum atomic E-state index is 12.1. The van der Waals surface area contributed by atoms with Gasteiger partial charge >= 0.3 is 0 Å². The largest absolute Gasteiger partial charge is 0.399 e. The smallest absolute Gasteiger partial charge is 0.251 e. The van der Waals surface area contributed by atoms with Crippen LogP contribution in [-0.4, -0.2) is 5.91 Å². The zero-order valence-corrected chi connectivity index (χ0v) is 11.0. The summed E-state index contributed by atoms with van der Waals surface area (Å²) in [6.45, 7) is 2.06. The number of carbonyl (C=O) groups excluding carboxylic acids is 1. The van der Waals surface area contributed by atoms with Gasteiger partial charge in [-0.15, -0.1) is 0 Å². The van der Waals surface area contributed by atoms with Gasteiger partial charge in [0, 0.05) is 11.3 Å². The molecule has 0 aliphatic carbocycles. The molecule has 0 radical (unpaired) electrons. The molecule has 2 aromatic rings. The van der Waals surface area contributed by atoms with E-state index >= 15 is 0 Å². The second kappa shape index (κ2) is 6.05. The number of carbonyl (C=O) groups is 1. The first-order valence-electron chi connectivity index (χ1n) is 6.42. The summed E-state index contributed by atoms with van der Waals surface area (Å²) >= 11 is 0. The van der Waals surface area contributed by atoms with Crippen molar-refractivity contribution >= 4 is 11.6 Å². The van der Waals surface area contributed by atoms with Crippen LogP contribution in [0.15, 0.2) is 54.6 Å². The Balaban J connectivity index is 2.10.